The Hall–Kier alpha value is -1.25. The molecule has 0 saturated carbocycles. The zero-order valence-electron chi connectivity index (χ0n) is 12.6. The predicted octanol–water partition coefficient (Wildman–Crippen LogP) is 1.93. The Morgan fingerprint density at radius 3 is 2.95 bits per heavy atom. The van der Waals surface area contributed by atoms with E-state index in [1.807, 2.05) is 11.8 Å². The summed E-state index contributed by atoms with van der Waals surface area (Å²) in [5.41, 5.74) is 1.34. The van der Waals surface area contributed by atoms with Gasteiger partial charge in [-0.25, -0.2) is 0 Å². The first-order valence-electron chi connectivity index (χ1n) is 6.57. The van der Waals surface area contributed by atoms with Crippen molar-refractivity contribution in [2.75, 3.05) is 33.4 Å². The molecular formula is C13H22N4O2S2. The first-order valence-corrected chi connectivity index (χ1v) is 8.60. The fourth-order valence-corrected chi connectivity index (χ4v) is 3.55. The van der Waals surface area contributed by atoms with Crippen molar-refractivity contribution in [2.45, 2.75) is 12.3 Å². The average Bonchev–Trinajstić information content (AvgIpc) is 2.83. The van der Waals surface area contributed by atoms with Gasteiger partial charge in [-0.2, -0.15) is 11.8 Å². The van der Waals surface area contributed by atoms with Gasteiger partial charge in [0, 0.05) is 36.5 Å². The lowest BCUT2D eigenvalue weighted by atomic mass is 10.3. The molecule has 0 aliphatic carbocycles. The van der Waals surface area contributed by atoms with E-state index in [1.54, 1.807) is 18.4 Å². The van der Waals surface area contributed by atoms with Crippen LogP contribution in [0.1, 0.15) is 10.4 Å². The minimum absolute atomic E-state index is 0.435. The Morgan fingerprint density at radius 1 is 1.57 bits per heavy atom. The topological polar surface area (TPSA) is 70.4 Å². The number of hydrogen-bond donors (Lipinski definition) is 2. The molecule has 0 aliphatic heterocycles. The molecule has 0 amide bonds. The van der Waals surface area contributed by atoms with Crippen molar-refractivity contribution in [2.24, 2.45) is 0 Å². The monoisotopic (exact) mass is 330 g/mol. The number of nitro groups is 1. The predicted molar refractivity (Wildman–Crippen MR) is 90.0 cm³/mol. The Kier molecular flexibility index (Phi) is 8.17. The number of thioether (sulfide) groups is 1. The smallest absolute Gasteiger partial charge is 0.274 e. The van der Waals surface area contributed by atoms with Crippen LogP contribution in [0.3, 0.4) is 0 Å². The van der Waals surface area contributed by atoms with Gasteiger partial charge >= 0.3 is 0 Å². The number of nitrogens with zero attached hydrogens (tertiary/aromatic N) is 2. The lowest BCUT2D eigenvalue weighted by Gasteiger charge is -2.07. The van der Waals surface area contributed by atoms with Crippen LogP contribution in [0.2, 0.25) is 0 Å². The van der Waals surface area contributed by atoms with Crippen LogP contribution >= 0.6 is 23.1 Å². The van der Waals surface area contributed by atoms with E-state index in [4.69, 9.17) is 0 Å². The highest BCUT2D eigenvalue weighted by atomic mass is 32.2. The third-order valence-corrected chi connectivity index (χ3v) is 4.52. The van der Waals surface area contributed by atoms with Crippen LogP contribution in [0.25, 0.3) is 0 Å². The largest absolute Gasteiger partial charge is 0.370 e. The van der Waals surface area contributed by atoms with Crippen LogP contribution < -0.4 is 10.6 Å². The summed E-state index contributed by atoms with van der Waals surface area (Å²) in [5, 5.41) is 18.3. The minimum atomic E-state index is -0.469. The molecule has 0 spiro atoms. The van der Waals surface area contributed by atoms with Crippen molar-refractivity contribution in [3.63, 3.8) is 0 Å². The number of thiophene rings is 1. The minimum Gasteiger partial charge on any atom is -0.370 e. The van der Waals surface area contributed by atoms with E-state index < -0.39 is 4.92 Å². The first kappa shape index (κ1) is 17.8. The van der Waals surface area contributed by atoms with Gasteiger partial charge in [-0.1, -0.05) is 0 Å². The van der Waals surface area contributed by atoms with Crippen molar-refractivity contribution in [1.82, 2.24) is 15.5 Å². The molecule has 0 saturated heterocycles. The summed E-state index contributed by atoms with van der Waals surface area (Å²) in [7, 11) is 5.79. The molecule has 0 radical (unpaired) electrons. The highest BCUT2D eigenvalue weighted by Crippen LogP contribution is 2.20. The zero-order valence-corrected chi connectivity index (χ0v) is 14.2. The summed E-state index contributed by atoms with van der Waals surface area (Å²) in [6.07, 6.45) is 0.942. The van der Waals surface area contributed by atoms with E-state index in [9.17, 15) is 10.1 Å². The molecule has 1 rings (SSSR count). The lowest BCUT2D eigenvalue weighted by molar-refractivity contribution is -0.404. The molecule has 0 unspecified atom stereocenters. The van der Waals surface area contributed by atoms with Gasteiger partial charge in [-0.05, 0) is 31.1 Å². The highest BCUT2D eigenvalue weighted by molar-refractivity contribution is 7.98. The fourth-order valence-electron chi connectivity index (χ4n) is 1.65. The van der Waals surface area contributed by atoms with E-state index in [-0.39, 0.29) is 0 Å². The first-order chi connectivity index (χ1) is 10.0. The van der Waals surface area contributed by atoms with E-state index >= 15 is 0 Å². The summed E-state index contributed by atoms with van der Waals surface area (Å²) in [6.45, 7) is 1.67. The maximum absolute atomic E-state index is 10.4. The van der Waals surface area contributed by atoms with E-state index in [0.717, 1.165) is 24.3 Å². The van der Waals surface area contributed by atoms with Gasteiger partial charge in [0.1, 0.15) is 0 Å². The summed E-state index contributed by atoms with van der Waals surface area (Å²) >= 11 is 3.61. The molecule has 0 bridgehead atoms. The average molecular weight is 330 g/mol. The van der Waals surface area contributed by atoms with Crippen LogP contribution in [0.5, 0.6) is 0 Å². The summed E-state index contributed by atoms with van der Waals surface area (Å²) in [5.74, 6) is 2.30. The molecule has 118 valence electrons. The fraction of sp³-hybridized carbons (Fsp3) is 0.538. The molecular weight excluding hydrogens is 308 g/mol. The molecule has 0 fully saturated rings. The third-order valence-electron chi connectivity index (χ3n) is 2.51. The van der Waals surface area contributed by atoms with Gasteiger partial charge in [-0.3, -0.25) is 10.1 Å². The molecule has 2 N–H and O–H groups in total. The van der Waals surface area contributed by atoms with Crippen LogP contribution in [0.15, 0.2) is 23.5 Å². The Bertz CT molecular complexity index is 474. The van der Waals surface area contributed by atoms with Gasteiger partial charge in [0.15, 0.2) is 5.82 Å². The Labute approximate surface area is 133 Å². The van der Waals surface area contributed by atoms with Gasteiger partial charge in [0.05, 0.1) is 4.92 Å². The zero-order chi connectivity index (χ0) is 15.7. The molecule has 1 aromatic heterocycles. The van der Waals surface area contributed by atoms with Crippen molar-refractivity contribution >= 4 is 23.1 Å². The second-order valence-corrected chi connectivity index (χ2v) is 6.82. The lowest BCUT2D eigenvalue weighted by Crippen LogP contribution is -2.26. The van der Waals surface area contributed by atoms with Crippen molar-refractivity contribution in [1.29, 1.82) is 0 Å². The quantitative estimate of drug-likeness (QED) is 0.388. The van der Waals surface area contributed by atoms with Crippen molar-refractivity contribution in [3.05, 3.63) is 44.0 Å². The van der Waals surface area contributed by atoms with Crippen molar-refractivity contribution in [3.8, 4) is 0 Å². The van der Waals surface area contributed by atoms with E-state index in [2.05, 4.69) is 41.1 Å². The standard InChI is InChI=1S/C13H22N4O2S2/c1-14-13(8-17(18)19)15-4-5-20-9-11-6-12(21-10-11)7-16(2)3/h6,8,10,14-15H,4-5,7,9H2,1-3H3/b13-8+. The second-order valence-electron chi connectivity index (χ2n) is 4.72. The number of nitrogens with one attached hydrogen (secondary N) is 2. The van der Waals surface area contributed by atoms with Gasteiger partial charge in [0.25, 0.3) is 6.20 Å². The van der Waals surface area contributed by atoms with E-state index in [0.29, 0.717) is 12.4 Å². The Morgan fingerprint density at radius 2 is 2.33 bits per heavy atom. The normalized spacial score (nSPS) is 11.7. The van der Waals surface area contributed by atoms with Gasteiger partial charge < -0.3 is 15.5 Å². The molecule has 0 aromatic carbocycles. The van der Waals surface area contributed by atoms with Gasteiger partial charge in [-0.15, -0.1) is 11.3 Å². The van der Waals surface area contributed by atoms with Crippen LogP contribution in [0, 0.1) is 10.1 Å². The van der Waals surface area contributed by atoms with Crippen LogP contribution in [-0.2, 0) is 12.3 Å². The van der Waals surface area contributed by atoms with Crippen molar-refractivity contribution < 1.29 is 4.92 Å². The number of rotatable bonds is 10. The highest BCUT2D eigenvalue weighted by Gasteiger charge is 2.02. The molecule has 21 heavy (non-hydrogen) atoms. The maximum Gasteiger partial charge on any atom is 0.274 e. The second kappa shape index (κ2) is 9.64. The molecule has 0 aliphatic rings. The summed E-state index contributed by atoms with van der Waals surface area (Å²) in [6, 6.07) is 2.25. The Balaban J connectivity index is 2.22. The maximum atomic E-state index is 10.4. The SMILES string of the molecule is CN/C(=C\[N+](=O)[O-])NCCSCc1csc(CN(C)C)c1. The molecule has 0 atom stereocenters. The molecule has 6 nitrogen and oxygen atoms in total. The molecule has 1 heterocycles. The van der Waals surface area contributed by atoms with Gasteiger partial charge in [0.2, 0.25) is 0 Å². The van der Waals surface area contributed by atoms with Crippen LogP contribution in [-0.4, -0.2) is 43.3 Å². The molecule has 8 heteroatoms. The summed E-state index contributed by atoms with van der Waals surface area (Å²) < 4.78 is 0. The molecule has 1 aromatic rings. The van der Waals surface area contributed by atoms with E-state index in [1.165, 1.54) is 10.4 Å². The summed E-state index contributed by atoms with van der Waals surface area (Å²) in [4.78, 5) is 13.4. The van der Waals surface area contributed by atoms with Crippen LogP contribution in [0.4, 0.5) is 0 Å². The third kappa shape index (κ3) is 7.93. The number of hydrogen-bond acceptors (Lipinski definition) is 7.